The second kappa shape index (κ2) is 4.73. The Labute approximate surface area is 114 Å². The normalized spacial score (nSPS) is 15.3. The predicted octanol–water partition coefficient (Wildman–Crippen LogP) is 1.49. The van der Waals surface area contributed by atoms with Crippen molar-refractivity contribution in [1.82, 2.24) is 10.3 Å². The van der Waals surface area contributed by atoms with E-state index < -0.39 is 6.03 Å². The van der Waals surface area contributed by atoms with Gasteiger partial charge in [-0.05, 0) is 23.6 Å². The minimum Gasteiger partial charge on any atom is -0.298 e. The van der Waals surface area contributed by atoms with Crippen LogP contribution in [0.15, 0.2) is 30.6 Å². The number of anilines is 1. The van der Waals surface area contributed by atoms with Crippen LogP contribution in [0.3, 0.4) is 0 Å². The molecule has 1 saturated heterocycles. The number of pyridine rings is 1. The lowest BCUT2D eigenvalue weighted by molar-refractivity contribution is -0.120. The van der Waals surface area contributed by atoms with E-state index in [9.17, 15) is 14.4 Å². The standard InChI is InChI=1S/C14H11N3O3/c18-8-10-6-11(5-9-7-15-3-1-12(9)10)17-4-2-13(19)16-14(17)20/h1,3,5-8H,2,4H2,(H,16,19,20). The first-order valence-electron chi connectivity index (χ1n) is 6.13. The number of fused-ring (bicyclic) bond motifs is 1. The van der Waals surface area contributed by atoms with E-state index in [4.69, 9.17) is 0 Å². The third-order valence-corrected chi connectivity index (χ3v) is 3.26. The lowest BCUT2D eigenvalue weighted by atomic mass is 10.1. The fourth-order valence-electron chi connectivity index (χ4n) is 2.29. The summed E-state index contributed by atoms with van der Waals surface area (Å²) in [6, 6.07) is 4.71. The molecule has 6 nitrogen and oxygen atoms in total. The average Bonchev–Trinajstić information content (AvgIpc) is 2.46. The summed E-state index contributed by atoms with van der Waals surface area (Å²) in [7, 11) is 0. The Hall–Kier alpha value is -2.76. The number of nitrogens with zero attached hydrogens (tertiary/aromatic N) is 2. The maximum absolute atomic E-state index is 11.8. The number of nitrogens with one attached hydrogen (secondary N) is 1. The third-order valence-electron chi connectivity index (χ3n) is 3.26. The lowest BCUT2D eigenvalue weighted by Gasteiger charge is -2.27. The number of urea groups is 1. The van der Waals surface area contributed by atoms with Crippen LogP contribution in [0.5, 0.6) is 0 Å². The molecule has 0 unspecified atom stereocenters. The van der Waals surface area contributed by atoms with E-state index in [2.05, 4.69) is 10.3 Å². The predicted molar refractivity (Wildman–Crippen MR) is 72.6 cm³/mol. The van der Waals surface area contributed by atoms with E-state index in [1.54, 1.807) is 30.6 Å². The third kappa shape index (κ3) is 2.01. The molecule has 20 heavy (non-hydrogen) atoms. The molecule has 1 aliphatic heterocycles. The largest absolute Gasteiger partial charge is 0.328 e. The summed E-state index contributed by atoms with van der Waals surface area (Å²) in [6.07, 6.45) is 4.24. The van der Waals surface area contributed by atoms with Gasteiger partial charge < -0.3 is 0 Å². The summed E-state index contributed by atoms with van der Waals surface area (Å²) in [6.45, 7) is 0.300. The molecule has 3 rings (SSSR count). The van der Waals surface area contributed by atoms with Crippen LogP contribution in [0.4, 0.5) is 10.5 Å². The molecule has 3 amide bonds. The average molecular weight is 269 g/mol. The highest BCUT2D eigenvalue weighted by Gasteiger charge is 2.24. The first-order chi connectivity index (χ1) is 9.69. The summed E-state index contributed by atoms with van der Waals surface area (Å²) in [5.74, 6) is -0.288. The molecule has 1 aliphatic rings. The van der Waals surface area contributed by atoms with Crippen LogP contribution in [-0.4, -0.2) is 29.8 Å². The van der Waals surface area contributed by atoms with Crippen molar-refractivity contribution < 1.29 is 14.4 Å². The highest BCUT2D eigenvalue weighted by atomic mass is 16.2. The molecule has 0 saturated carbocycles. The van der Waals surface area contributed by atoms with Gasteiger partial charge in [0.05, 0.1) is 0 Å². The minimum atomic E-state index is -0.471. The fraction of sp³-hybridized carbons (Fsp3) is 0.143. The summed E-state index contributed by atoms with van der Waals surface area (Å²) in [5, 5.41) is 3.82. The van der Waals surface area contributed by atoms with Gasteiger partial charge in [0.15, 0.2) is 6.29 Å². The van der Waals surface area contributed by atoms with Crippen LogP contribution in [0.2, 0.25) is 0 Å². The van der Waals surface area contributed by atoms with E-state index in [1.807, 2.05) is 0 Å². The highest BCUT2D eigenvalue weighted by molar-refractivity contribution is 6.08. The van der Waals surface area contributed by atoms with Gasteiger partial charge >= 0.3 is 6.03 Å². The molecule has 0 bridgehead atoms. The Morgan fingerprint density at radius 2 is 2.15 bits per heavy atom. The molecule has 1 aromatic heterocycles. The minimum absolute atomic E-state index is 0.243. The van der Waals surface area contributed by atoms with Gasteiger partial charge in [-0.25, -0.2) is 4.79 Å². The number of carbonyl (C=O) groups excluding carboxylic acids is 3. The SMILES string of the molecule is O=Cc1cc(N2CCC(=O)NC2=O)cc2cnccc12. The van der Waals surface area contributed by atoms with Crippen molar-refractivity contribution in [2.24, 2.45) is 0 Å². The van der Waals surface area contributed by atoms with Crippen molar-refractivity contribution >= 4 is 34.7 Å². The van der Waals surface area contributed by atoms with E-state index >= 15 is 0 Å². The number of imide groups is 1. The molecule has 0 atom stereocenters. The number of hydrogen-bond acceptors (Lipinski definition) is 4. The van der Waals surface area contributed by atoms with Crippen molar-refractivity contribution in [1.29, 1.82) is 0 Å². The van der Waals surface area contributed by atoms with Gasteiger partial charge in [0.2, 0.25) is 5.91 Å². The molecular formula is C14H11N3O3. The Kier molecular flexibility index (Phi) is 2.90. The number of benzene rings is 1. The van der Waals surface area contributed by atoms with Gasteiger partial charge in [-0.2, -0.15) is 0 Å². The maximum Gasteiger partial charge on any atom is 0.328 e. The molecule has 2 heterocycles. The smallest absolute Gasteiger partial charge is 0.298 e. The summed E-state index contributed by atoms with van der Waals surface area (Å²) in [4.78, 5) is 39.6. The molecule has 100 valence electrons. The zero-order chi connectivity index (χ0) is 14.1. The summed E-state index contributed by atoms with van der Waals surface area (Å²) < 4.78 is 0. The topological polar surface area (TPSA) is 79.4 Å². The van der Waals surface area contributed by atoms with Crippen molar-refractivity contribution in [2.75, 3.05) is 11.4 Å². The molecular weight excluding hydrogens is 258 g/mol. The van der Waals surface area contributed by atoms with Crippen molar-refractivity contribution in [2.45, 2.75) is 6.42 Å². The molecule has 0 radical (unpaired) electrons. The summed E-state index contributed by atoms with van der Waals surface area (Å²) >= 11 is 0. The second-order valence-corrected chi connectivity index (χ2v) is 4.50. The fourth-order valence-corrected chi connectivity index (χ4v) is 2.29. The number of hydrogen-bond donors (Lipinski definition) is 1. The van der Waals surface area contributed by atoms with Gasteiger partial charge in [0.25, 0.3) is 0 Å². The van der Waals surface area contributed by atoms with E-state index in [0.29, 0.717) is 17.8 Å². The molecule has 6 heteroatoms. The van der Waals surface area contributed by atoms with Gasteiger partial charge in [-0.15, -0.1) is 0 Å². The van der Waals surface area contributed by atoms with Gasteiger partial charge in [0, 0.05) is 42.0 Å². The van der Waals surface area contributed by atoms with Crippen LogP contribution in [0, 0.1) is 0 Å². The zero-order valence-corrected chi connectivity index (χ0v) is 10.5. The van der Waals surface area contributed by atoms with Crippen LogP contribution in [0.1, 0.15) is 16.8 Å². The number of aromatic nitrogens is 1. The monoisotopic (exact) mass is 269 g/mol. The van der Waals surface area contributed by atoms with Crippen molar-refractivity contribution in [3.8, 4) is 0 Å². The molecule has 2 aromatic rings. The lowest BCUT2D eigenvalue weighted by Crippen LogP contribution is -2.49. The van der Waals surface area contributed by atoms with Gasteiger partial charge in [-0.1, -0.05) is 0 Å². The highest BCUT2D eigenvalue weighted by Crippen LogP contribution is 2.26. The molecule has 1 N–H and O–H groups in total. The summed E-state index contributed by atoms with van der Waals surface area (Å²) in [5.41, 5.74) is 1.07. The van der Waals surface area contributed by atoms with Gasteiger partial charge in [0.1, 0.15) is 0 Å². The van der Waals surface area contributed by atoms with Crippen LogP contribution >= 0.6 is 0 Å². The Balaban J connectivity index is 2.10. The second-order valence-electron chi connectivity index (χ2n) is 4.50. The molecule has 1 aromatic carbocycles. The Morgan fingerprint density at radius 3 is 2.90 bits per heavy atom. The first-order valence-corrected chi connectivity index (χ1v) is 6.13. The van der Waals surface area contributed by atoms with Crippen LogP contribution in [0.25, 0.3) is 10.8 Å². The molecule has 1 fully saturated rings. The van der Waals surface area contributed by atoms with E-state index in [0.717, 1.165) is 17.1 Å². The molecule has 0 spiro atoms. The van der Waals surface area contributed by atoms with Crippen LogP contribution in [-0.2, 0) is 4.79 Å². The number of amides is 3. The Morgan fingerprint density at radius 1 is 1.30 bits per heavy atom. The Bertz CT molecular complexity index is 727. The number of rotatable bonds is 2. The maximum atomic E-state index is 11.8. The zero-order valence-electron chi connectivity index (χ0n) is 10.5. The number of carbonyl (C=O) groups is 3. The first kappa shape index (κ1) is 12.3. The van der Waals surface area contributed by atoms with Gasteiger partial charge in [-0.3, -0.25) is 24.8 Å². The molecule has 0 aliphatic carbocycles. The van der Waals surface area contributed by atoms with Crippen molar-refractivity contribution in [3.05, 3.63) is 36.2 Å². The quantitative estimate of drug-likeness (QED) is 0.838. The van der Waals surface area contributed by atoms with Crippen LogP contribution < -0.4 is 10.2 Å². The number of aldehydes is 1. The van der Waals surface area contributed by atoms with E-state index in [1.165, 1.54) is 4.90 Å². The van der Waals surface area contributed by atoms with Crippen molar-refractivity contribution in [3.63, 3.8) is 0 Å². The van der Waals surface area contributed by atoms with E-state index in [-0.39, 0.29) is 12.3 Å².